The number of hydroxylamine groups is 1. The Morgan fingerprint density at radius 3 is 2.18 bits per heavy atom. The van der Waals surface area contributed by atoms with Gasteiger partial charge < -0.3 is 10.6 Å². The van der Waals surface area contributed by atoms with Crippen molar-refractivity contribution in [1.82, 2.24) is 15.8 Å². The first-order chi connectivity index (χ1) is 16.2. The van der Waals surface area contributed by atoms with Gasteiger partial charge in [0.05, 0.1) is 11.2 Å². The molecule has 0 spiro atoms. The summed E-state index contributed by atoms with van der Waals surface area (Å²) in [6, 6.07) is 26.2. The van der Waals surface area contributed by atoms with E-state index in [0.717, 1.165) is 34.3 Å². The fourth-order valence-electron chi connectivity index (χ4n) is 3.53. The van der Waals surface area contributed by atoms with E-state index >= 15 is 0 Å². The number of carbonyl (C=O) groups is 2. The summed E-state index contributed by atoms with van der Waals surface area (Å²) in [4.78, 5) is 28.5. The minimum absolute atomic E-state index is 0.216. The summed E-state index contributed by atoms with van der Waals surface area (Å²) in [5.74, 6) is -0.834. The zero-order valence-corrected chi connectivity index (χ0v) is 17.9. The van der Waals surface area contributed by atoms with E-state index in [1.807, 2.05) is 54.6 Å². The Bertz CT molecular complexity index is 1260. The maximum atomic E-state index is 12.3. The molecule has 0 unspecified atom stereocenters. The van der Waals surface area contributed by atoms with Crippen LogP contribution in [0.4, 0.5) is 5.69 Å². The van der Waals surface area contributed by atoms with Gasteiger partial charge in [0.15, 0.2) is 0 Å². The minimum atomic E-state index is -0.618. The van der Waals surface area contributed by atoms with Crippen molar-refractivity contribution >= 4 is 28.4 Å². The lowest BCUT2D eigenvalue weighted by atomic mass is 10.1. The number of fused-ring (bicyclic) bond motifs is 1. The lowest BCUT2D eigenvalue weighted by Gasteiger charge is -2.12. The number of hydrogen-bond acceptors (Lipinski definition) is 5. The minimum Gasteiger partial charge on any atom is -0.384 e. The summed E-state index contributed by atoms with van der Waals surface area (Å²) < 4.78 is 0. The van der Waals surface area contributed by atoms with Crippen LogP contribution in [-0.4, -0.2) is 35.1 Å². The highest BCUT2D eigenvalue weighted by atomic mass is 16.5. The van der Waals surface area contributed by atoms with Crippen molar-refractivity contribution < 1.29 is 14.8 Å². The topological polar surface area (TPSA) is 103 Å². The highest BCUT2D eigenvalue weighted by Crippen LogP contribution is 2.28. The van der Waals surface area contributed by atoms with Crippen molar-refractivity contribution in [2.75, 3.05) is 18.4 Å². The quantitative estimate of drug-likeness (QED) is 0.186. The number of amides is 2. The number of aromatic nitrogens is 1. The Balaban J connectivity index is 1.35. The van der Waals surface area contributed by atoms with Gasteiger partial charge in [-0.2, -0.15) is 0 Å². The van der Waals surface area contributed by atoms with E-state index in [-0.39, 0.29) is 11.5 Å². The van der Waals surface area contributed by atoms with Crippen LogP contribution in [0.15, 0.2) is 84.9 Å². The molecule has 3 aromatic carbocycles. The first kappa shape index (κ1) is 22.0. The van der Waals surface area contributed by atoms with Gasteiger partial charge in [-0.15, -0.1) is 0 Å². The van der Waals surface area contributed by atoms with Crippen molar-refractivity contribution in [3.63, 3.8) is 0 Å². The van der Waals surface area contributed by atoms with E-state index in [2.05, 4.69) is 16.7 Å². The van der Waals surface area contributed by atoms with Crippen LogP contribution in [0.5, 0.6) is 0 Å². The maximum Gasteiger partial charge on any atom is 0.274 e. The third-order valence-corrected chi connectivity index (χ3v) is 5.25. The van der Waals surface area contributed by atoms with Crippen molar-refractivity contribution in [1.29, 1.82) is 0 Å². The summed E-state index contributed by atoms with van der Waals surface area (Å²) in [6.45, 7) is 1.18. The van der Waals surface area contributed by atoms with Gasteiger partial charge in [0.1, 0.15) is 0 Å². The molecule has 4 rings (SSSR count). The van der Waals surface area contributed by atoms with Crippen LogP contribution in [0.1, 0.15) is 27.1 Å². The Labute approximate surface area is 191 Å². The standard InChI is InChI=1S/C26H24N4O3/c31-25(19-11-13-20(14-12-19)26(32)30-33)28-16-6-15-27-24-17-23(18-7-2-1-3-8-18)29-22-10-5-4-9-21(22)24/h1-5,7-14,17,33H,6,15-16H2,(H,27,29)(H,28,31)(H,30,32). The Kier molecular flexibility index (Phi) is 6.92. The highest BCUT2D eigenvalue weighted by Gasteiger charge is 2.09. The second-order valence-electron chi connectivity index (χ2n) is 7.49. The number of nitrogens with zero attached hydrogens (tertiary/aromatic N) is 1. The summed E-state index contributed by atoms with van der Waals surface area (Å²) in [5.41, 5.74) is 6.18. The normalized spacial score (nSPS) is 10.6. The van der Waals surface area contributed by atoms with Crippen LogP contribution in [0, 0.1) is 0 Å². The monoisotopic (exact) mass is 440 g/mol. The van der Waals surface area contributed by atoms with Gasteiger partial charge in [0.2, 0.25) is 0 Å². The molecular formula is C26H24N4O3. The third kappa shape index (κ3) is 5.34. The van der Waals surface area contributed by atoms with Crippen LogP contribution in [0.3, 0.4) is 0 Å². The molecule has 0 radical (unpaired) electrons. The number of pyridine rings is 1. The summed E-state index contributed by atoms with van der Waals surface area (Å²) in [7, 11) is 0. The maximum absolute atomic E-state index is 12.3. The Morgan fingerprint density at radius 2 is 1.45 bits per heavy atom. The first-order valence-corrected chi connectivity index (χ1v) is 10.7. The molecule has 7 heteroatoms. The molecule has 4 aromatic rings. The molecule has 0 atom stereocenters. The predicted molar refractivity (Wildman–Crippen MR) is 128 cm³/mol. The SMILES string of the molecule is O=C(NO)c1ccc(C(=O)NCCCNc2cc(-c3ccccc3)nc3ccccc23)cc1. The largest absolute Gasteiger partial charge is 0.384 e. The van der Waals surface area contributed by atoms with Gasteiger partial charge in [-0.3, -0.25) is 14.8 Å². The van der Waals surface area contributed by atoms with Crippen LogP contribution in [-0.2, 0) is 0 Å². The lowest BCUT2D eigenvalue weighted by molar-refractivity contribution is 0.0706. The molecule has 1 aromatic heterocycles. The summed E-state index contributed by atoms with van der Waals surface area (Å²) in [6.07, 6.45) is 0.730. The van der Waals surface area contributed by atoms with Crippen LogP contribution in [0.2, 0.25) is 0 Å². The van der Waals surface area contributed by atoms with E-state index in [1.54, 1.807) is 17.6 Å². The molecule has 0 fully saturated rings. The second kappa shape index (κ2) is 10.4. The van der Waals surface area contributed by atoms with Gasteiger partial charge in [-0.1, -0.05) is 48.5 Å². The van der Waals surface area contributed by atoms with E-state index in [9.17, 15) is 9.59 Å². The predicted octanol–water partition coefficient (Wildman–Crippen LogP) is 4.25. The zero-order valence-electron chi connectivity index (χ0n) is 17.9. The Morgan fingerprint density at radius 1 is 0.788 bits per heavy atom. The molecule has 0 aliphatic heterocycles. The van der Waals surface area contributed by atoms with E-state index in [4.69, 9.17) is 10.2 Å². The molecule has 4 N–H and O–H groups in total. The number of para-hydroxylation sites is 1. The van der Waals surface area contributed by atoms with Crippen molar-refractivity contribution in [2.24, 2.45) is 0 Å². The summed E-state index contributed by atoms with van der Waals surface area (Å²) >= 11 is 0. The number of carbonyl (C=O) groups excluding carboxylic acids is 2. The highest BCUT2D eigenvalue weighted by molar-refractivity contribution is 5.97. The number of hydrogen-bond donors (Lipinski definition) is 4. The van der Waals surface area contributed by atoms with Crippen LogP contribution in [0.25, 0.3) is 22.2 Å². The molecule has 0 saturated heterocycles. The molecule has 33 heavy (non-hydrogen) atoms. The fraction of sp³-hybridized carbons (Fsp3) is 0.115. The number of anilines is 1. The molecule has 2 amide bonds. The number of benzene rings is 3. The molecular weight excluding hydrogens is 416 g/mol. The van der Waals surface area contributed by atoms with E-state index in [0.29, 0.717) is 18.7 Å². The first-order valence-electron chi connectivity index (χ1n) is 10.7. The lowest BCUT2D eigenvalue weighted by Crippen LogP contribution is -2.26. The third-order valence-electron chi connectivity index (χ3n) is 5.25. The van der Waals surface area contributed by atoms with Gasteiger partial charge in [-0.25, -0.2) is 10.5 Å². The van der Waals surface area contributed by atoms with Gasteiger partial charge in [0.25, 0.3) is 11.8 Å². The molecule has 166 valence electrons. The number of nitrogens with one attached hydrogen (secondary N) is 3. The van der Waals surface area contributed by atoms with Crippen molar-refractivity contribution in [3.05, 3.63) is 96.1 Å². The van der Waals surface area contributed by atoms with Crippen molar-refractivity contribution in [3.8, 4) is 11.3 Å². The molecule has 0 aliphatic rings. The van der Waals surface area contributed by atoms with Crippen molar-refractivity contribution in [2.45, 2.75) is 6.42 Å². The molecule has 1 heterocycles. The van der Waals surface area contributed by atoms with Gasteiger partial charge in [0, 0.05) is 40.9 Å². The second-order valence-corrected chi connectivity index (χ2v) is 7.49. The molecule has 7 nitrogen and oxygen atoms in total. The molecule has 0 saturated carbocycles. The van der Waals surface area contributed by atoms with Gasteiger partial charge >= 0.3 is 0 Å². The average Bonchev–Trinajstić information content (AvgIpc) is 2.88. The zero-order chi connectivity index (χ0) is 23.0. The van der Waals surface area contributed by atoms with Crippen LogP contribution < -0.4 is 16.1 Å². The van der Waals surface area contributed by atoms with Gasteiger partial charge in [-0.05, 0) is 42.8 Å². The smallest absolute Gasteiger partial charge is 0.274 e. The number of rotatable bonds is 8. The molecule has 0 aliphatic carbocycles. The van der Waals surface area contributed by atoms with Crippen LogP contribution >= 0.6 is 0 Å². The van der Waals surface area contributed by atoms with E-state index in [1.165, 1.54) is 12.1 Å². The summed E-state index contributed by atoms with van der Waals surface area (Å²) in [5, 5.41) is 16.1. The average molecular weight is 441 g/mol. The van der Waals surface area contributed by atoms with E-state index < -0.39 is 5.91 Å². The Hall–Kier alpha value is -4.23. The fourth-order valence-corrected chi connectivity index (χ4v) is 3.53. The molecule has 0 bridgehead atoms.